The first kappa shape index (κ1) is 16.5. The first-order valence-corrected chi connectivity index (χ1v) is 7.52. The summed E-state index contributed by atoms with van der Waals surface area (Å²) in [6, 6.07) is 5.00. The number of esters is 1. The van der Waals surface area contributed by atoms with Crippen molar-refractivity contribution in [1.29, 1.82) is 0 Å². The molecule has 0 bridgehead atoms. The number of fused-ring (bicyclic) bond motifs is 1. The van der Waals surface area contributed by atoms with Gasteiger partial charge in [0.15, 0.2) is 29.1 Å². The van der Waals surface area contributed by atoms with Gasteiger partial charge in [-0.3, -0.25) is 4.79 Å². The number of rotatable bonds is 4. The van der Waals surface area contributed by atoms with Crippen molar-refractivity contribution in [2.75, 3.05) is 24.3 Å². The molecule has 0 fully saturated rings. The summed E-state index contributed by atoms with van der Waals surface area (Å²) < 4.78 is 15.9. The molecular formula is C16H16N4O5. The average molecular weight is 344 g/mol. The number of amides is 1. The Hall–Kier alpha value is -3.36. The number of ether oxygens (including phenoxy) is 3. The molecule has 1 aliphatic heterocycles. The molecule has 25 heavy (non-hydrogen) atoms. The standard InChI is InChI=1S/C16H16N4O5/c1-9(25-16(22)13-14(17)19-5-4-18-13)15(21)20-10-2-3-11-12(8-10)24-7-6-23-11/h2-5,8-9H,6-7H2,1H3,(H2,17,19)(H,20,21)/t9-/m1/s1. The number of hydrogen-bond acceptors (Lipinski definition) is 8. The highest BCUT2D eigenvalue weighted by atomic mass is 16.6. The molecule has 3 N–H and O–H groups in total. The Balaban J connectivity index is 1.63. The largest absolute Gasteiger partial charge is 0.486 e. The average Bonchev–Trinajstić information content (AvgIpc) is 2.61. The SMILES string of the molecule is C[C@@H](OC(=O)c1nccnc1N)C(=O)Nc1ccc2c(c1)OCCO2. The Labute approximate surface area is 143 Å². The number of anilines is 2. The van der Waals surface area contributed by atoms with Crippen LogP contribution in [0.2, 0.25) is 0 Å². The third kappa shape index (κ3) is 3.77. The van der Waals surface area contributed by atoms with Gasteiger partial charge in [0.05, 0.1) is 0 Å². The lowest BCUT2D eigenvalue weighted by atomic mass is 10.2. The van der Waals surface area contributed by atoms with Gasteiger partial charge in [-0.25, -0.2) is 14.8 Å². The molecule has 2 aromatic rings. The smallest absolute Gasteiger partial charge is 0.361 e. The Morgan fingerprint density at radius 2 is 1.92 bits per heavy atom. The minimum Gasteiger partial charge on any atom is -0.486 e. The fourth-order valence-corrected chi connectivity index (χ4v) is 2.14. The second-order valence-corrected chi connectivity index (χ2v) is 5.19. The molecule has 1 atom stereocenters. The third-order valence-corrected chi connectivity index (χ3v) is 3.38. The number of hydrogen-bond donors (Lipinski definition) is 2. The van der Waals surface area contributed by atoms with E-state index in [2.05, 4.69) is 15.3 Å². The predicted octanol–water partition coefficient (Wildman–Crippen LogP) is 1.01. The van der Waals surface area contributed by atoms with Crippen LogP contribution in [0.5, 0.6) is 11.5 Å². The van der Waals surface area contributed by atoms with Crippen LogP contribution >= 0.6 is 0 Å². The van der Waals surface area contributed by atoms with Crippen LogP contribution in [0.15, 0.2) is 30.6 Å². The highest BCUT2D eigenvalue weighted by Gasteiger charge is 2.22. The van der Waals surface area contributed by atoms with E-state index in [9.17, 15) is 9.59 Å². The van der Waals surface area contributed by atoms with Crippen molar-refractivity contribution in [3.05, 3.63) is 36.3 Å². The number of carbonyl (C=O) groups excluding carboxylic acids is 2. The number of nitrogens with two attached hydrogens (primary N) is 1. The Bertz CT molecular complexity index is 811. The molecule has 0 radical (unpaired) electrons. The molecule has 2 heterocycles. The van der Waals surface area contributed by atoms with E-state index in [1.165, 1.54) is 19.3 Å². The van der Waals surface area contributed by atoms with E-state index in [0.717, 1.165) is 0 Å². The summed E-state index contributed by atoms with van der Waals surface area (Å²) in [6.45, 7) is 2.37. The van der Waals surface area contributed by atoms with Crippen LogP contribution in [0, 0.1) is 0 Å². The van der Waals surface area contributed by atoms with Gasteiger partial charge >= 0.3 is 5.97 Å². The van der Waals surface area contributed by atoms with Gasteiger partial charge in [-0.05, 0) is 19.1 Å². The van der Waals surface area contributed by atoms with Gasteiger partial charge in [-0.2, -0.15) is 0 Å². The molecular weight excluding hydrogens is 328 g/mol. The highest BCUT2D eigenvalue weighted by Crippen LogP contribution is 2.32. The first-order chi connectivity index (χ1) is 12.0. The molecule has 0 aliphatic carbocycles. The number of nitrogens with zero attached hydrogens (tertiary/aromatic N) is 2. The molecule has 1 aliphatic rings. The quantitative estimate of drug-likeness (QED) is 0.787. The van der Waals surface area contributed by atoms with Crippen LogP contribution in [0.3, 0.4) is 0 Å². The fraction of sp³-hybridized carbons (Fsp3) is 0.250. The van der Waals surface area contributed by atoms with Gasteiger partial charge < -0.3 is 25.3 Å². The van der Waals surface area contributed by atoms with Gasteiger partial charge in [0.25, 0.3) is 5.91 Å². The molecule has 3 rings (SSSR count). The van der Waals surface area contributed by atoms with Crippen LogP contribution in [0.4, 0.5) is 11.5 Å². The van der Waals surface area contributed by atoms with E-state index >= 15 is 0 Å². The molecule has 9 heteroatoms. The summed E-state index contributed by atoms with van der Waals surface area (Å²) in [5.74, 6) is -0.238. The zero-order valence-corrected chi connectivity index (χ0v) is 13.4. The normalized spacial score (nSPS) is 13.6. The maximum atomic E-state index is 12.2. The molecule has 9 nitrogen and oxygen atoms in total. The Morgan fingerprint density at radius 3 is 2.68 bits per heavy atom. The molecule has 130 valence electrons. The van der Waals surface area contributed by atoms with Crippen LogP contribution in [-0.4, -0.2) is 41.2 Å². The maximum Gasteiger partial charge on any atom is 0.361 e. The third-order valence-electron chi connectivity index (χ3n) is 3.38. The van der Waals surface area contributed by atoms with Gasteiger partial charge in [0.2, 0.25) is 0 Å². The zero-order chi connectivity index (χ0) is 17.8. The number of benzene rings is 1. The van der Waals surface area contributed by atoms with Gasteiger partial charge in [-0.15, -0.1) is 0 Å². The summed E-state index contributed by atoms with van der Waals surface area (Å²) in [5, 5.41) is 2.64. The number of aromatic nitrogens is 2. The van der Waals surface area contributed by atoms with Gasteiger partial charge in [0.1, 0.15) is 13.2 Å². The monoisotopic (exact) mass is 344 g/mol. The minimum atomic E-state index is -1.05. The lowest BCUT2D eigenvalue weighted by molar-refractivity contribution is -0.123. The molecule has 0 saturated heterocycles. The Kier molecular flexibility index (Phi) is 4.64. The van der Waals surface area contributed by atoms with Crippen molar-refractivity contribution >= 4 is 23.4 Å². The lowest BCUT2D eigenvalue weighted by Crippen LogP contribution is -2.30. The Morgan fingerprint density at radius 1 is 1.20 bits per heavy atom. The second-order valence-electron chi connectivity index (χ2n) is 5.19. The van der Waals surface area contributed by atoms with Crippen LogP contribution in [0.25, 0.3) is 0 Å². The summed E-state index contributed by atoms with van der Waals surface area (Å²) in [7, 11) is 0. The maximum absolute atomic E-state index is 12.2. The highest BCUT2D eigenvalue weighted by molar-refractivity contribution is 5.98. The minimum absolute atomic E-state index is 0.0630. The van der Waals surface area contributed by atoms with Crippen molar-refractivity contribution in [1.82, 2.24) is 9.97 Å². The van der Waals surface area contributed by atoms with E-state index in [-0.39, 0.29) is 11.5 Å². The summed E-state index contributed by atoms with van der Waals surface area (Å²) in [6.07, 6.45) is 1.61. The van der Waals surface area contributed by atoms with E-state index in [1.807, 2.05) is 0 Å². The van der Waals surface area contributed by atoms with Crippen LogP contribution in [-0.2, 0) is 9.53 Å². The topological polar surface area (TPSA) is 126 Å². The zero-order valence-electron chi connectivity index (χ0n) is 13.4. The second kappa shape index (κ2) is 7.04. The molecule has 0 unspecified atom stereocenters. The van der Waals surface area contributed by atoms with Gasteiger partial charge in [-0.1, -0.05) is 0 Å². The van der Waals surface area contributed by atoms with E-state index in [1.54, 1.807) is 18.2 Å². The predicted molar refractivity (Wildman–Crippen MR) is 87.4 cm³/mol. The number of nitrogens with one attached hydrogen (secondary N) is 1. The van der Waals surface area contributed by atoms with Crippen molar-refractivity contribution in [3.63, 3.8) is 0 Å². The van der Waals surface area contributed by atoms with E-state index < -0.39 is 18.0 Å². The van der Waals surface area contributed by atoms with Gasteiger partial charge in [0, 0.05) is 24.1 Å². The fourth-order valence-electron chi connectivity index (χ4n) is 2.14. The molecule has 0 spiro atoms. The number of nitrogen functional groups attached to an aromatic ring is 1. The summed E-state index contributed by atoms with van der Waals surface area (Å²) in [5.41, 5.74) is 5.92. The lowest BCUT2D eigenvalue weighted by Gasteiger charge is -2.19. The van der Waals surface area contributed by atoms with E-state index in [4.69, 9.17) is 19.9 Å². The van der Waals surface area contributed by atoms with E-state index in [0.29, 0.717) is 30.4 Å². The molecule has 1 aromatic carbocycles. The van der Waals surface area contributed by atoms with Crippen molar-refractivity contribution in [2.45, 2.75) is 13.0 Å². The van der Waals surface area contributed by atoms with Crippen LogP contribution < -0.4 is 20.5 Å². The first-order valence-electron chi connectivity index (χ1n) is 7.52. The van der Waals surface area contributed by atoms with Crippen LogP contribution in [0.1, 0.15) is 17.4 Å². The molecule has 1 aromatic heterocycles. The van der Waals surface area contributed by atoms with Crippen molar-refractivity contribution in [2.24, 2.45) is 0 Å². The molecule has 1 amide bonds. The van der Waals surface area contributed by atoms with Crippen molar-refractivity contribution in [3.8, 4) is 11.5 Å². The number of carbonyl (C=O) groups is 2. The molecule has 0 saturated carbocycles. The summed E-state index contributed by atoms with van der Waals surface area (Å²) in [4.78, 5) is 31.8. The summed E-state index contributed by atoms with van der Waals surface area (Å²) >= 11 is 0. The van der Waals surface area contributed by atoms with Crippen molar-refractivity contribution < 1.29 is 23.8 Å².